The highest BCUT2D eigenvalue weighted by Crippen LogP contribution is 2.22. The Bertz CT molecular complexity index is 308. The lowest BCUT2D eigenvalue weighted by Gasteiger charge is -2.02. The lowest BCUT2D eigenvalue weighted by Crippen LogP contribution is -2.08. The maximum Gasteiger partial charge on any atom is 0.103 e. The van der Waals surface area contributed by atoms with Gasteiger partial charge in [0.05, 0.1) is 11.3 Å². The average Bonchev–Trinajstić information content (AvgIpc) is 2.04. The quantitative estimate of drug-likeness (QED) is 0.590. The molecule has 0 spiro atoms. The lowest BCUT2D eigenvalue weighted by molar-refractivity contribution is 1.33. The second-order valence-electron chi connectivity index (χ2n) is 1.92. The first-order chi connectivity index (χ1) is 5.29. The lowest BCUT2D eigenvalue weighted by atomic mass is 10.2. The van der Waals surface area contributed by atoms with Crippen LogP contribution in [-0.2, 0) is 0 Å². The van der Waals surface area contributed by atoms with E-state index in [9.17, 15) is 0 Å². The molecule has 0 heterocycles. The van der Waals surface area contributed by atoms with E-state index in [1.54, 1.807) is 18.2 Å². The molecular formula is C7H7BrClN3. The summed E-state index contributed by atoms with van der Waals surface area (Å²) in [6.45, 7) is 0. The van der Waals surface area contributed by atoms with Crippen LogP contribution in [0, 0.1) is 11.3 Å². The van der Waals surface area contributed by atoms with Crippen molar-refractivity contribution in [2.75, 3.05) is 5.43 Å². The molecule has 0 saturated carbocycles. The molecule has 0 saturated heterocycles. The number of rotatable bonds is 1. The van der Waals surface area contributed by atoms with Crippen molar-refractivity contribution in [2.24, 2.45) is 5.84 Å². The van der Waals surface area contributed by atoms with Crippen molar-refractivity contribution >= 4 is 34.0 Å². The third-order valence-electron chi connectivity index (χ3n) is 1.28. The largest absolute Gasteiger partial charge is 0.323 e. The van der Waals surface area contributed by atoms with Gasteiger partial charge in [-0.05, 0) is 28.1 Å². The van der Waals surface area contributed by atoms with Crippen LogP contribution in [0.2, 0.25) is 0 Å². The van der Waals surface area contributed by atoms with Crippen LogP contribution in [-0.4, -0.2) is 0 Å². The van der Waals surface area contributed by atoms with Gasteiger partial charge in [-0.3, -0.25) is 5.84 Å². The van der Waals surface area contributed by atoms with Gasteiger partial charge in [0.2, 0.25) is 0 Å². The van der Waals surface area contributed by atoms with E-state index in [1.807, 2.05) is 6.07 Å². The molecule has 0 fully saturated rings. The van der Waals surface area contributed by atoms with E-state index >= 15 is 0 Å². The first kappa shape index (κ1) is 11.2. The summed E-state index contributed by atoms with van der Waals surface area (Å²) < 4.78 is 0.746. The number of hydrazine groups is 1. The topological polar surface area (TPSA) is 61.8 Å². The minimum atomic E-state index is 0. The first-order valence-corrected chi connectivity index (χ1v) is 3.74. The maximum atomic E-state index is 8.65. The molecular weight excluding hydrogens is 241 g/mol. The van der Waals surface area contributed by atoms with Gasteiger partial charge in [-0.25, -0.2) is 0 Å². The smallest absolute Gasteiger partial charge is 0.103 e. The van der Waals surface area contributed by atoms with Gasteiger partial charge >= 0.3 is 0 Å². The third-order valence-corrected chi connectivity index (χ3v) is 1.94. The molecule has 12 heavy (non-hydrogen) atoms. The van der Waals surface area contributed by atoms with Gasteiger partial charge in [-0.1, -0.05) is 6.07 Å². The van der Waals surface area contributed by atoms with E-state index in [-0.39, 0.29) is 12.4 Å². The number of anilines is 1. The molecule has 64 valence electrons. The zero-order valence-electron chi connectivity index (χ0n) is 6.04. The van der Waals surface area contributed by atoms with Gasteiger partial charge in [0.25, 0.3) is 0 Å². The standard InChI is InChI=1S/C7H6BrN3.ClH/c8-6-2-1-3-7(11-10)5(6)4-9;/h1-3,11H,10H2;1H. The van der Waals surface area contributed by atoms with Gasteiger partial charge in [0.1, 0.15) is 6.07 Å². The minimum absolute atomic E-state index is 0. The Balaban J connectivity index is 0.00000121. The van der Waals surface area contributed by atoms with Crippen LogP contribution in [0.25, 0.3) is 0 Å². The van der Waals surface area contributed by atoms with Crippen LogP contribution < -0.4 is 11.3 Å². The molecule has 0 bridgehead atoms. The summed E-state index contributed by atoms with van der Waals surface area (Å²) in [5.74, 6) is 5.17. The monoisotopic (exact) mass is 247 g/mol. The highest BCUT2D eigenvalue weighted by atomic mass is 79.9. The summed E-state index contributed by atoms with van der Waals surface area (Å²) in [5, 5.41) is 8.65. The Hall–Kier alpha value is -0.760. The van der Waals surface area contributed by atoms with Crippen LogP contribution in [0.1, 0.15) is 5.56 Å². The van der Waals surface area contributed by atoms with Crippen LogP contribution in [0.4, 0.5) is 5.69 Å². The highest BCUT2D eigenvalue weighted by Gasteiger charge is 2.02. The highest BCUT2D eigenvalue weighted by molar-refractivity contribution is 9.10. The summed E-state index contributed by atoms with van der Waals surface area (Å²) >= 11 is 3.23. The summed E-state index contributed by atoms with van der Waals surface area (Å²) in [6.07, 6.45) is 0. The fourth-order valence-electron chi connectivity index (χ4n) is 0.758. The first-order valence-electron chi connectivity index (χ1n) is 2.95. The van der Waals surface area contributed by atoms with Crippen LogP contribution in [0.5, 0.6) is 0 Å². The molecule has 1 rings (SSSR count). The van der Waals surface area contributed by atoms with E-state index in [2.05, 4.69) is 21.4 Å². The minimum Gasteiger partial charge on any atom is -0.323 e. The van der Waals surface area contributed by atoms with Crippen molar-refractivity contribution in [1.82, 2.24) is 0 Å². The summed E-state index contributed by atoms with van der Waals surface area (Å²) in [6, 6.07) is 7.36. The van der Waals surface area contributed by atoms with E-state index < -0.39 is 0 Å². The normalized spacial score (nSPS) is 8.08. The van der Waals surface area contributed by atoms with E-state index in [4.69, 9.17) is 11.1 Å². The Morgan fingerprint density at radius 2 is 2.17 bits per heavy atom. The van der Waals surface area contributed by atoms with Gasteiger partial charge in [-0.15, -0.1) is 12.4 Å². The summed E-state index contributed by atoms with van der Waals surface area (Å²) in [5.41, 5.74) is 3.58. The SMILES string of the molecule is Cl.N#Cc1c(Br)cccc1NN. The molecule has 1 aromatic carbocycles. The average molecular weight is 249 g/mol. The van der Waals surface area contributed by atoms with Crippen LogP contribution in [0.3, 0.4) is 0 Å². The fourth-order valence-corrected chi connectivity index (χ4v) is 1.21. The molecule has 0 aromatic heterocycles. The van der Waals surface area contributed by atoms with Gasteiger partial charge in [-0.2, -0.15) is 5.26 Å². The van der Waals surface area contributed by atoms with Gasteiger partial charge in [0.15, 0.2) is 0 Å². The zero-order valence-corrected chi connectivity index (χ0v) is 8.45. The molecule has 0 amide bonds. The van der Waals surface area contributed by atoms with Crippen LogP contribution in [0.15, 0.2) is 22.7 Å². The number of hydrogen-bond acceptors (Lipinski definition) is 3. The van der Waals surface area contributed by atoms with E-state index in [0.29, 0.717) is 11.3 Å². The van der Waals surface area contributed by atoms with Crippen molar-refractivity contribution in [2.45, 2.75) is 0 Å². The molecule has 1 aromatic rings. The number of nitrogens with one attached hydrogen (secondary N) is 1. The van der Waals surface area contributed by atoms with Gasteiger partial charge in [0, 0.05) is 4.47 Å². The van der Waals surface area contributed by atoms with Crippen molar-refractivity contribution in [1.29, 1.82) is 5.26 Å². The molecule has 0 radical (unpaired) electrons. The number of hydrogen-bond donors (Lipinski definition) is 2. The number of nitriles is 1. The molecule has 3 N–H and O–H groups in total. The van der Waals surface area contributed by atoms with Crippen molar-refractivity contribution in [3.05, 3.63) is 28.2 Å². The Morgan fingerprint density at radius 3 is 2.58 bits per heavy atom. The Labute approximate surface area is 85.1 Å². The summed E-state index contributed by atoms with van der Waals surface area (Å²) in [4.78, 5) is 0. The zero-order chi connectivity index (χ0) is 8.27. The van der Waals surface area contributed by atoms with Crippen molar-refractivity contribution in [3.63, 3.8) is 0 Å². The predicted octanol–water partition coefficient (Wildman–Crippen LogP) is 2.03. The number of nitrogen functional groups attached to an aromatic ring is 1. The molecule has 0 aliphatic carbocycles. The third kappa shape index (κ3) is 2.11. The molecule has 5 heteroatoms. The van der Waals surface area contributed by atoms with Crippen LogP contribution >= 0.6 is 28.3 Å². The molecule has 0 atom stereocenters. The second-order valence-corrected chi connectivity index (χ2v) is 2.77. The van der Waals surface area contributed by atoms with E-state index in [0.717, 1.165) is 4.47 Å². The number of nitrogens with two attached hydrogens (primary N) is 1. The maximum absolute atomic E-state index is 8.65. The van der Waals surface area contributed by atoms with Gasteiger partial charge < -0.3 is 5.43 Å². The van der Waals surface area contributed by atoms with Crippen molar-refractivity contribution < 1.29 is 0 Å². The molecule has 0 unspecified atom stereocenters. The summed E-state index contributed by atoms with van der Waals surface area (Å²) in [7, 11) is 0. The molecule has 3 nitrogen and oxygen atoms in total. The fraction of sp³-hybridized carbons (Fsp3) is 0. The predicted molar refractivity (Wildman–Crippen MR) is 53.9 cm³/mol. The number of benzene rings is 1. The molecule has 0 aliphatic heterocycles. The number of nitrogens with zero attached hydrogens (tertiary/aromatic N) is 1. The number of halogens is 2. The second kappa shape index (κ2) is 4.99. The Kier molecular flexibility index (Phi) is 4.67. The Morgan fingerprint density at radius 1 is 1.50 bits per heavy atom. The van der Waals surface area contributed by atoms with E-state index in [1.165, 1.54) is 0 Å². The van der Waals surface area contributed by atoms with Crippen molar-refractivity contribution in [3.8, 4) is 6.07 Å². The molecule has 0 aliphatic rings.